The molecule has 2 N–H and O–H groups in total. The largest absolute Gasteiger partial charge is 0.444 e. The second-order valence-corrected chi connectivity index (χ2v) is 6.63. The summed E-state index contributed by atoms with van der Waals surface area (Å²) in [5.41, 5.74) is 0.825. The highest BCUT2D eigenvalue weighted by Gasteiger charge is 2.31. The van der Waals surface area contributed by atoms with Gasteiger partial charge in [0.15, 0.2) is 0 Å². The van der Waals surface area contributed by atoms with Gasteiger partial charge in [0.25, 0.3) is 0 Å². The molecule has 2 aliphatic rings. The molecular formula is C18H25FN4O2. The summed E-state index contributed by atoms with van der Waals surface area (Å²) in [6.07, 6.45) is 3.86. The van der Waals surface area contributed by atoms with Crippen LogP contribution in [0.4, 0.5) is 20.6 Å². The third-order valence-electron chi connectivity index (χ3n) is 4.70. The van der Waals surface area contributed by atoms with Crippen LogP contribution in [-0.4, -0.2) is 44.7 Å². The van der Waals surface area contributed by atoms with Crippen molar-refractivity contribution in [3.05, 3.63) is 24.0 Å². The molecule has 1 unspecified atom stereocenters. The van der Waals surface area contributed by atoms with Gasteiger partial charge < -0.3 is 15.0 Å². The summed E-state index contributed by atoms with van der Waals surface area (Å²) in [6.45, 7) is 4.60. The second kappa shape index (κ2) is 7.82. The number of amides is 1. The maximum absolute atomic E-state index is 14.5. The van der Waals surface area contributed by atoms with Crippen LogP contribution in [0.15, 0.2) is 18.2 Å². The standard InChI is InChI=1S/C18H25FN4O2/c1-2-15-11-23(18(24)25-15)14-5-6-17(16(19)9-14)22(12-20)8-7-21-10-13-3-4-13/h5-6,9,12-13,15,20-21H,2-4,7-8,10-11H2,1H3. The molecule has 1 atom stereocenters. The Balaban J connectivity index is 1.63. The second-order valence-electron chi connectivity index (χ2n) is 6.63. The van der Waals surface area contributed by atoms with E-state index < -0.39 is 11.9 Å². The van der Waals surface area contributed by atoms with Crippen LogP contribution in [0.25, 0.3) is 0 Å². The Kier molecular flexibility index (Phi) is 5.53. The lowest BCUT2D eigenvalue weighted by Crippen LogP contribution is -2.32. The van der Waals surface area contributed by atoms with Gasteiger partial charge >= 0.3 is 6.09 Å². The van der Waals surface area contributed by atoms with Crippen molar-refractivity contribution >= 4 is 23.8 Å². The number of anilines is 2. The number of hydrogen-bond acceptors (Lipinski definition) is 4. The smallest absolute Gasteiger partial charge is 0.414 e. The Hall–Kier alpha value is -2.15. The van der Waals surface area contributed by atoms with Gasteiger partial charge in [0.2, 0.25) is 0 Å². The average molecular weight is 348 g/mol. The Morgan fingerprint density at radius 2 is 2.28 bits per heavy atom. The first-order valence-electron chi connectivity index (χ1n) is 8.88. The zero-order valence-corrected chi connectivity index (χ0v) is 14.5. The summed E-state index contributed by atoms with van der Waals surface area (Å²) in [7, 11) is 0. The van der Waals surface area contributed by atoms with Crippen LogP contribution < -0.4 is 15.1 Å². The minimum atomic E-state index is -0.448. The first-order chi connectivity index (χ1) is 12.1. The van der Waals surface area contributed by atoms with Gasteiger partial charge in [-0.1, -0.05) is 6.92 Å². The molecule has 0 spiro atoms. The number of benzene rings is 1. The molecule has 7 heteroatoms. The number of halogens is 1. The van der Waals surface area contributed by atoms with Gasteiger partial charge in [0.1, 0.15) is 11.9 Å². The first kappa shape index (κ1) is 17.7. The average Bonchev–Trinajstić information content (AvgIpc) is 3.36. The van der Waals surface area contributed by atoms with E-state index in [1.54, 1.807) is 17.0 Å². The van der Waals surface area contributed by atoms with E-state index in [0.29, 0.717) is 31.0 Å². The van der Waals surface area contributed by atoms with E-state index >= 15 is 0 Å². The molecule has 136 valence electrons. The molecule has 1 saturated carbocycles. The Bertz CT molecular complexity index is 636. The van der Waals surface area contributed by atoms with Gasteiger partial charge in [-0.05, 0) is 49.9 Å². The van der Waals surface area contributed by atoms with Crippen molar-refractivity contribution in [3.8, 4) is 0 Å². The van der Waals surface area contributed by atoms with Gasteiger partial charge in [0, 0.05) is 13.1 Å². The van der Waals surface area contributed by atoms with Crippen molar-refractivity contribution in [2.75, 3.05) is 36.0 Å². The van der Waals surface area contributed by atoms with E-state index in [2.05, 4.69) is 5.32 Å². The molecule has 1 aliphatic carbocycles. The highest BCUT2D eigenvalue weighted by atomic mass is 19.1. The van der Waals surface area contributed by atoms with E-state index in [1.165, 1.54) is 23.8 Å². The number of carbonyl (C=O) groups excluding carboxylic acids is 1. The van der Waals surface area contributed by atoms with E-state index in [9.17, 15) is 9.18 Å². The monoisotopic (exact) mass is 348 g/mol. The lowest BCUT2D eigenvalue weighted by molar-refractivity contribution is 0.139. The number of nitrogens with one attached hydrogen (secondary N) is 2. The van der Waals surface area contributed by atoms with Crippen LogP contribution in [0, 0.1) is 17.1 Å². The predicted octanol–water partition coefficient (Wildman–Crippen LogP) is 2.97. The lowest BCUT2D eigenvalue weighted by Gasteiger charge is -2.21. The van der Waals surface area contributed by atoms with Crippen LogP contribution in [0.2, 0.25) is 0 Å². The Labute approximate surface area is 147 Å². The fourth-order valence-electron chi connectivity index (χ4n) is 2.92. The van der Waals surface area contributed by atoms with Crippen molar-refractivity contribution in [2.45, 2.75) is 32.3 Å². The van der Waals surface area contributed by atoms with E-state index in [1.807, 2.05) is 6.92 Å². The van der Waals surface area contributed by atoms with Crippen LogP contribution in [0.3, 0.4) is 0 Å². The molecule has 1 aliphatic heterocycles. The van der Waals surface area contributed by atoms with Gasteiger partial charge in [-0.2, -0.15) is 0 Å². The SMILES string of the molecule is CCC1CN(c2ccc(N(C=N)CCNCC3CC3)c(F)c2)C(=O)O1. The molecule has 1 aromatic carbocycles. The molecule has 1 amide bonds. The molecule has 25 heavy (non-hydrogen) atoms. The summed E-state index contributed by atoms with van der Waals surface area (Å²) in [5, 5.41) is 10.9. The third kappa shape index (κ3) is 4.28. The Morgan fingerprint density at radius 1 is 1.48 bits per heavy atom. The number of carbonyl (C=O) groups is 1. The minimum absolute atomic E-state index is 0.147. The Morgan fingerprint density at radius 3 is 2.88 bits per heavy atom. The minimum Gasteiger partial charge on any atom is -0.444 e. The van der Waals surface area contributed by atoms with E-state index in [-0.39, 0.29) is 6.10 Å². The zero-order chi connectivity index (χ0) is 17.8. The molecular weight excluding hydrogens is 323 g/mol. The molecule has 0 radical (unpaired) electrons. The summed E-state index contributed by atoms with van der Waals surface area (Å²) < 4.78 is 19.8. The van der Waals surface area contributed by atoms with Gasteiger partial charge in [-0.3, -0.25) is 10.3 Å². The van der Waals surface area contributed by atoms with Crippen LogP contribution in [0.1, 0.15) is 26.2 Å². The maximum atomic E-state index is 14.5. The van der Waals surface area contributed by atoms with Crippen molar-refractivity contribution in [1.29, 1.82) is 5.41 Å². The fraction of sp³-hybridized carbons (Fsp3) is 0.556. The van der Waals surface area contributed by atoms with Crippen LogP contribution in [-0.2, 0) is 4.74 Å². The van der Waals surface area contributed by atoms with Crippen LogP contribution in [0.5, 0.6) is 0 Å². The first-order valence-corrected chi connectivity index (χ1v) is 8.88. The highest BCUT2D eigenvalue weighted by Crippen LogP contribution is 2.28. The maximum Gasteiger partial charge on any atom is 0.414 e. The van der Waals surface area contributed by atoms with Crippen molar-refractivity contribution in [1.82, 2.24) is 5.32 Å². The lowest BCUT2D eigenvalue weighted by atomic mass is 10.2. The molecule has 1 aromatic rings. The molecule has 2 fully saturated rings. The number of hydrogen-bond donors (Lipinski definition) is 2. The molecule has 1 heterocycles. The van der Waals surface area contributed by atoms with E-state index in [4.69, 9.17) is 10.1 Å². The summed E-state index contributed by atoms with van der Waals surface area (Å²) in [4.78, 5) is 14.9. The highest BCUT2D eigenvalue weighted by molar-refractivity contribution is 5.90. The van der Waals surface area contributed by atoms with Gasteiger partial charge in [-0.25, -0.2) is 9.18 Å². The number of cyclic esters (lactones) is 1. The molecule has 6 nitrogen and oxygen atoms in total. The quantitative estimate of drug-likeness (QED) is 0.409. The molecule has 1 saturated heterocycles. The van der Waals surface area contributed by atoms with Crippen molar-refractivity contribution in [3.63, 3.8) is 0 Å². The zero-order valence-electron chi connectivity index (χ0n) is 14.5. The van der Waals surface area contributed by atoms with Gasteiger partial charge in [-0.15, -0.1) is 0 Å². The fourth-order valence-corrected chi connectivity index (χ4v) is 2.92. The number of nitrogens with zero attached hydrogens (tertiary/aromatic N) is 2. The predicted molar refractivity (Wildman–Crippen MR) is 96.0 cm³/mol. The van der Waals surface area contributed by atoms with Crippen molar-refractivity contribution < 1.29 is 13.9 Å². The van der Waals surface area contributed by atoms with Crippen LogP contribution >= 0.6 is 0 Å². The van der Waals surface area contributed by atoms with Gasteiger partial charge in [0.05, 0.1) is 24.3 Å². The molecule has 0 aromatic heterocycles. The van der Waals surface area contributed by atoms with Crippen molar-refractivity contribution in [2.24, 2.45) is 5.92 Å². The summed E-state index contributed by atoms with van der Waals surface area (Å²) >= 11 is 0. The van der Waals surface area contributed by atoms with E-state index in [0.717, 1.165) is 25.2 Å². The number of rotatable bonds is 9. The normalized spacial score (nSPS) is 19.8. The number of ether oxygens (including phenoxy) is 1. The molecule has 0 bridgehead atoms. The third-order valence-corrected chi connectivity index (χ3v) is 4.70. The molecule has 3 rings (SSSR count). The topological polar surface area (TPSA) is 68.7 Å². The summed E-state index contributed by atoms with van der Waals surface area (Å²) in [5.74, 6) is 0.340. The summed E-state index contributed by atoms with van der Waals surface area (Å²) in [6, 6.07) is 4.65.